The number of carbonyl (C=O) groups excluding carboxylic acids is 1. The van der Waals surface area contributed by atoms with Crippen molar-refractivity contribution >= 4 is 5.91 Å². The van der Waals surface area contributed by atoms with Gasteiger partial charge in [0.1, 0.15) is 0 Å². The Bertz CT molecular complexity index is 514. The molecule has 0 saturated heterocycles. The van der Waals surface area contributed by atoms with E-state index < -0.39 is 0 Å². The molecule has 0 aliphatic rings. The topological polar surface area (TPSA) is 68.9 Å². The molecule has 0 aliphatic heterocycles. The van der Waals surface area contributed by atoms with E-state index in [2.05, 4.69) is 9.97 Å². The quantitative estimate of drug-likeness (QED) is 0.773. The second-order valence-electron chi connectivity index (χ2n) is 5.66. The molecule has 0 bridgehead atoms. The van der Waals surface area contributed by atoms with Gasteiger partial charge in [0.25, 0.3) is 0 Å². The van der Waals surface area contributed by atoms with Crippen molar-refractivity contribution in [2.24, 2.45) is 11.7 Å². The molecule has 0 aliphatic carbocycles. The third kappa shape index (κ3) is 6.04. The van der Waals surface area contributed by atoms with E-state index in [1.165, 1.54) is 11.1 Å². The lowest BCUT2D eigenvalue weighted by Gasteiger charge is -2.16. The Labute approximate surface area is 131 Å². The molecule has 22 heavy (non-hydrogen) atoms. The number of carbonyl (C=O) groups is 1. The first kappa shape index (κ1) is 16.1. The minimum absolute atomic E-state index is 0.210. The lowest BCUT2D eigenvalue weighted by Crippen LogP contribution is -2.14. The van der Waals surface area contributed by atoms with Gasteiger partial charge in [-0.25, -0.2) is 0 Å². The Hall–Kier alpha value is -2.23. The largest absolute Gasteiger partial charge is 0.370 e. The third-order valence-electron chi connectivity index (χ3n) is 3.98. The standard InChI is InChI=1S/C18H23N3O/c19-18(22)6-5-15(1-3-16-7-11-20-12-8-16)2-4-17-9-13-21-14-10-17/h7-15H,1-6H2,(H2,19,22). The lowest BCUT2D eigenvalue weighted by atomic mass is 9.90. The molecule has 0 fully saturated rings. The smallest absolute Gasteiger partial charge is 0.217 e. The normalized spacial score (nSPS) is 10.8. The minimum Gasteiger partial charge on any atom is -0.370 e. The van der Waals surface area contributed by atoms with Gasteiger partial charge in [-0.3, -0.25) is 14.8 Å². The Balaban J connectivity index is 1.86. The van der Waals surface area contributed by atoms with Crippen molar-refractivity contribution in [3.05, 3.63) is 60.2 Å². The molecule has 1 amide bonds. The number of aryl methyl sites for hydroxylation is 2. The summed E-state index contributed by atoms with van der Waals surface area (Å²) in [7, 11) is 0. The average molecular weight is 297 g/mol. The Morgan fingerprint density at radius 1 is 0.864 bits per heavy atom. The summed E-state index contributed by atoms with van der Waals surface area (Å²) in [6, 6.07) is 8.20. The molecular weight excluding hydrogens is 274 g/mol. The van der Waals surface area contributed by atoms with Gasteiger partial charge < -0.3 is 5.73 Å². The van der Waals surface area contributed by atoms with Crippen molar-refractivity contribution in [2.75, 3.05) is 0 Å². The fourth-order valence-corrected chi connectivity index (χ4v) is 2.62. The van der Waals surface area contributed by atoms with Crippen LogP contribution in [0, 0.1) is 5.92 Å². The van der Waals surface area contributed by atoms with Crippen molar-refractivity contribution in [3.8, 4) is 0 Å². The number of pyridine rings is 2. The Morgan fingerprint density at radius 3 is 1.73 bits per heavy atom. The van der Waals surface area contributed by atoms with E-state index in [4.69, 9.17) is 5.73 Å². The van der Waals surface area contributed by atoms with Crippen LogP contribution in [0.5, 0.6) is 0 Å². The maximum atomic E-state index is 11.1. The molecule has 2 aromatic rings. The first-order chi connectivity index (χ1) is 10.7. The summed E-state index contributed by atoms with van der Waals surface area (Å²) in [5, 5.41) is 0. The van der Waals surface area contributed by atoms with E-state index in [0.717, 1.165) is 32.1 Å². The Kier molecular flexibility index (Phi) is 6.55. The van der Waals surface area contributed by atoms with Crippen LogP contribution >= 0.6 is 0 Å². The van der Waals surface area contributed by atoms with Gasteiger partial charge in [-0.2, -0.15) is 0 Å². The van der Waals surface area contributed by atoms with Gasteiger partial charge in [-0.05, 0) is 73.4 Å². The number of rotatable bonds is 9. The molecule has 0 aromatic carbocycles. The molecule has 0 radical (unpaired) electrons. The summed E-state index contributed by atoms with van der Waals surface area (Å²) in [5.41, 5.74) is 7.89. The van der Waals surface area contributed by atoms with Crippen LogP contribution in [0.25, 0.3) is 0 Å². The molecule has 2 rings (SSSR count). The molecule has 0 unspecified atom stereocenters. The van der Waals surface area contributed by atoms with E-state index in [9.17, 15) is 4.79 Å². The Morgan fingerprint density at radius 2 is 1.32 bits per heavy atom. The van der Waals surface area contributed by atoms with E-state index >= 15 is 0 Å². The van der Waals surface area contributed by atoms with Crippen LogP contribution in [-0.4, -0.2) is 15.9 Å². The van der Waals surface area contributed by atoms with Crippen LogP contribution in [0.3, 0.4) is 0 Å². The van der Waals surface area contributed by atoms with Crippen LogP contribution in [-0.2, 0) is 17.6 Å². The highest BCUT2D eigenvalue weighted by molar-refractivity contribution is 5.73. The number of nitrogens with zero attached hydrogens (tertiary/aromatic N) is 2. The zero-order valence-electron chi connectivity index (χ0n) is 12.8. The van der Waals surface area contributed by atoms with Gasteiger partial charge in [0.2, 0.25) is 5.91 Å². The summed E-state index contributed by atoms with van der Waals surface area (Å²) < 4.78 is 0. The molecule has 4 nitrogen and oxygen atoms in total. The van der Waals surface area contributed by atoms with Crippen molar-refractivity contribution in [1.29, 1.82) is 0 Å². The first-order valence-electron chi connectivity index (χ1n) is 7.80. The van der Waals surface area contributed by atoms with E-state index in [1.807, 2.05) is 49.1 Å². The minimum atomic E-state index is -0.210. The highest BCUT2D eigenvalue weighted by atomic mass is 16.1. The molecule has 4 heteroatoms. The summed E-state index contributed by atoms with van der Waals surface area (Å²) >= 11 is 0. The summed E-state index contributed by atoms with van der Waals surface area (Å²) in [5.74, 6) is 0.298. The predicted molar refractivity (Wildman–Crippen MR) is 87.0 cm³/mol. The molecule has 0 atom stereocenters. The monoisotopic (exact) mass is 297 g/mol. The second kappa shape index (κ2) is 8.93. The summed E-state index contributed by atoms with van der Waals surface area (Å²) in [6.07, 6.45) is 12.8. The van der Waals surface area contributed by atoms with Crippen LogP contribution in [0.2, 0.25) is 0 Å². The fourth-order valence-electron chi connectivity index (χ4n) is 2.62. The van der Waals surface area contributed by atoms with Gasteiger partial charge in [-0.1, -0.05) is 0 Å². The van der Waals surface area contributed by atoms with E-state index in [-0.39, 0.29) is 5.91 Å². The number of hydrogen-bond acceptors (Lipinski definition) is 3. The molecule has 2 aromatic heterocycles. The van der Waals surface area contributed by atoms with Crippen molar-refractivity contribution in [3.63, 3.8) is 0 Å². The van der Waals surface area contributed by atoms with E-state index in [1.54, 1.807) is 0 Å². The maximum Gasteiger partial charge on any atom is 0.217 e. The van der Waals surface area contributed by atoms with Crippen molar-refractivity contribution < 1.29 is 4.79 Å². The number of nitrogens with two attached hydrogens (primary N) is 1. The third-order valence-corrected chi connectivity index (χ3v) is 3.98. The van der Waals surface area contributed by atoms with Gasteiger partial charge in [0.05, 0.1) is 0 Å². The average Bonchev–Trinajstić information content (AvgIpc) is 2.56. The molecule has 0 spiro atoms. The zero-order valence-corrected chi connectivity index (χ0v) is 12.8. The highest BCUT2D eigenvalue weighted by Gasteiger charge is 2.11. The van der Waals surface area contributed by atoms with Crippen LogP contribution in [0.4, 0.5) is 0 Å². The van der Waals surface area contributed by atoms with Gasteiger partial charge >= 0.3 is 0 Å². The van der Waals surface area contributed by atoms with Gasteiger partial charge in [0.15, 0.2) is 0 Å². The summed E-state index contributed by atoms with van der Waals surface area (Å²) in [6.45, 7) is 0. The number of hydrogen-bond donors (Lipinski definition) is 1. The van der Waals surface area contributed by atoms with E-state index in [0.29, 0.717) is 12.3 Å². The number of aromatic nitrogens is 2. The fraction of sp³-hybridized carbons (Fsp3) is 0.389. The SMILES string of the molecule is NC(=O)CCC(CCc1ccncc1)CCc1ccncc1. The first-order valence-corrected chi connectivity index (χ1v) is 7.80. The molecule has 116 valence electrons. The second-order valence-corrected chi connectivity index (χ2v) is 5.66. The molecule has 2 heterocycles. The van der Waals surface area contributed by atoms with Crippen LogP contribution in [0.15, 0.2) is 49.1 Å². The molecule has 0 saturated carbocycles. The van der Waals surface area contributed by atoms with Gasteiger partial charge in [-0.15, -0.1) is 0 Å². The molecule has 2 N–H and O–H groups in total. The number of primary amides is 1. The molecular formula is C18H23N3O. The number of amides is 1. The van der Waals surface area contributed by atoms with Gasteiger partial charge in [0, 0.05) is 31.2 Å². The highest BCUT2D eigenvalue weighted by Crippen LogP contribution is 2.21. The zero-order chi connectivity index (χ0) is 15.6. The lowest BCUT2D eigenvalue weighted by molar-refractivity contribution is -0.118. The van der Waals surface area contributed by atoms with Crippen molar-refractivity contribution in [2.45, 2.75) is 38.5 Å². The van der Waals surface area contributed by atoms with Crippen molar-refractivity contribution in [1.82, 2.24) is 9.97 Å². The maximum absolute atomic E-state index is 11.1. The predicted octanol–water partition coefficient (Wildman–Crippen LogP) is 2.92. The van der Waals surface area contributed by atoms with Crippen LogP contribution < -0.4 is 5.73 Å². The summed E-state index contributed by atoms with van der Waals surface area (Å²) in [4.78, 5) is 19.1. The van der Waals surface area contributed by atoms with Crippen LogP contribution in [0.1, 0.15) is 36.8 Å².